The molecule has 12 heavy (non-hydrogen) atoms. The normalized spacial score (nSPS) is 31.8. The van der Waals surface area contributed by atoms with Crippen LogP contribution in [0.1, 0.15) is 40.0 Å². The van der Waals surface area contributed by atoms with Crippen molar-refractivity contribution in [1.29, 1.82) is 0 Å². The number of nitrogens with zero attached hydrogens (tertiary/aromatic N) is 1. The zero-order chi connectivity index (χ0) is 9.35. The molecule has 0 aliphatic heterocycles. The number of quaternary nitrogens is 1. The van der Waals surface area contributed by atoms with Crippen LogP contribution in [0.3, 0.4) is 0 Å². The molecule has 0 aromatic heterocycles. The predicted octanol–water partition coefficient (Wildman–Crippen LogP) is 2.66. The standard InChI is InChI=1S/C11H24N/c1-6-7-10(3)12(4,5)11-8-9(11)2/h9-11H,6-8H2,1-5H3/q+1. The fourth-order valence-corrected chi connectivity index (χ4v) is 2.31. The second kappa shape index (κ2) is 3.37. The molecular weight excluding hydrogens is 146 g/mol. The Morgan fingerprint density at radius 1 is 1.42 bits per heavy atom. The molecule has 1 rings (SSSR count). The van der Waals surface area contributed by atoms with Crippen LogP contribution in [0.4, 0.5) is 0 Å². The van der Waals surface area contributed by atoms with Gasteiger partial charge in [0.1, 0.15) is 0 Å². The minimum absolute atomic E-state index is 0.838. The van der Waals surface area contributed by atoms with Gasteiger partial charge in [0, 0.05) is 12.3 Å². The molecule has 3 unspecified atom stereocenters. The van der Waals surface area contributed by atoms with E-state index >= 15 is 0 Å². The van der Waals surface area contributed by atoms with E-state index in [-0.39, 0.29) is 0 Å². The van der Waals surface area contributed by atoms with Gasteiger partial charge in [-0.15, -0.1) is 0 Å². The first kappa shape index (κ1) is 10.0. The first-order valence-electron chi connectivity index (χ1n) is 5.33. The maximum absolute atomic E-state index is 2.40. The van der Waals surface area contributed by atoms with Crippen LogP contribution < -0.4 is 0 Å². The number of hydrogen-bond acceptors (Lipinski definition) is 0. The second-order valence-corrected chi connectivity index (χ2v) is 5.05. The van der Waals surface area contributed by atoms with Crippen molar-refractivity contribution in [1.82, 2.24) is 0 Å². The van der Waals surface area contributed by atoms with E-state index in [0.717, 1.165) is 18.0 Å². The van der Waals surface area contributed by atoms with E-state index in [0.29, 0.717) is 0 Å². The van der Waals surface area contributed by atoms with Crippen molar-refractivity contribution in [3.05, 3.63) is 0 Å². The van der Waals surface area contributed by atoms with E-state index in [4.69, 9.17) is 0 Å². The lowest BCUT2D eigenvalue weighted by molar-refractivity contribution is -0.925. The van der Waals surface area contributed by atoms with Gasteiger partial charge in [-0.05, 0) is 13.3 Å². The fraction of sp³-hybridized carbons (Fsp3) is 1.00. The molecule has 1 nitrogen and oxygen atoms in total. The van der Waals surface area contributed by atoms with Crippen LogP contribution in [0.25, 0.3) is 0 Å². The molecule has 0 aromatic rings. The van der Waals surface area contributed by atoms with E-state index in [2.05, 4.69) is 34.9 Å². The molecule has 72 valence electrons. The SMILES string of the molecule is CCCC(C)[N+](C)(C)C1CC1C. The Hall–Kier alpha value is -0.0400. The van der Waals surface area contributed by atoms with Crippen LogP contribution in [0, 0.1) is 5.92 Å². The van der Waals surface area contributed by atoms with Gasteiger partial charge in [-0.2, -0.15) is 0 Å². The van der Waals surface area contributed by atoms with Crippen LogP contribution in [0.2, 0.25) is 0 Å². The summed E-state index contributed by atoms with van der Waals surface area (Å²) in [6.07, 6.45) is 4.14. The summed E-state index contributed by atoms with van der Waals surface area (Å²) < 4.78 is 1.25. The van der Waals surface area contributed by atoms with Crippen molar-refractivity contribution in [3.63, 3.8) is 0 Å². The maximum Gasteiger partial charge on any atom is 0.0921 e. The van der Waals surface area contributed by atoms with Crippen molar-refractivity contribution in [2.45, 2.75) is 52.1 Å². The molecule has 0 heterocycles. The van der Waals surface area contributed by atoms with Gasteiger partial charge in [0.2, 0.25) is 0 Å². The Morgan fingerprint density at radius 3 is 2.25 bits per heavy atom. The van der Waals surface area contributed by atoms with Gasteiger partial charge < -0.3 is 4.48 Å². The Bertz CT molecular complexity index is 151. The van der Waals surface area contributed by atoms with E-state index in [1.807, 2.05) is 0 Å². The highest BCUT2D eigenvalue weighted by atomic mass is 15.4. The van der Waals surface area contributed by atoms with Gasteiger partial charge in [-0.3, -0.25) is 0 Å². The Balaban J connectivity index is 2.46. The highest BCUT2D eigenvalue weighted by Gasteiger charge is 2.48. The average Bonchev–Trinajstić information content (AvgIpc) is 2.68. The maximum atomic E-state index is 2.40. The Kier molecular flexibility index (Phi) is 2.82. The van der Waals surface area contributed by atoms with Crippen molar-refractivity contribution in [3.8, 4) is 0 Å². The largest absolute Gasteiger partial charge is 0.324 e. The summed E-state index contributed by atoms with van der Waals surface area (Å²) in [5.41, 5.74) is 0. The molecule has 3 atom stereocenters. The van der Waals surface area contributed by atoms with Gasteiger partial charge in [0.05, 0.1) is 26.2 Å². The Labute approximate surface area is 77.4 Å². The van der Waals surface area contributed by atoms with E-state index < -0.39 is 0 Å². The summed E-state index contributed by atoms with van der Waals surface area (Å²) in [5, 5.41) is 0. The molecule has 1 aliphatic rings. The molecule has 0 bridgehead atoms. The second-order valence-electron chi connectivity index (χ2n) is 5.05. The molecule has 1 aliphatic carbocycles. The summed E-state index contributed by atoms with van der Waals surface area (Å²) in [5.74, 6) is 0.972. The van der Waals surface area contributed by atoms with Crippen LogP contribution in [0.15, 0.2) is 0 Å². The highest BCUT2D eigenvalue weighted by Crippen LogP contribution is 2.40. The third-order valence-electron chi connectivity index (χ3n) is 3.76. The molecule has 1 fully saturated rings. The van der Waals surface area contributed by atoms with E-state index in [1.165, 1.54) is 23.7 Å². The molecule has 0 radical (unpaired) electrons. The van der Waals surface area contributed by atoms with Crippen molar-refractivity contribution >= 4 is 0 Å². The van der Waals surface area contributed by atoms with Crippen LogP contribution in [-0.4, -0.2) is 30.7 Å². The summed E-state index contributed by atoms with van der Waals surface area (Å²) >= 11 is 0. The first-order valence-corrected chi connectivity index (χ1v) is 5.33. The molecule has 1 heteroatoms. The van der Waals surface area contributed by atoms with E-state index in [1.54, 1.807) is 0 Å². The van der Waals surface area contributed by atoms with Crippen molar-refractivity contribution in [2.24, 2.45) is 5.92 Å². The fourth-order valence-electron chi connectivity index (χ4n) is 2.31. The molecule has 0 saturated heterocycles. The lowest BCUT2D eigenvalue weighted by atomic mass is 10.1. The van der Waals surface area contributed by atoms with Gasteiger partial charge in [-0.25, -0.2) is 0 Å². The quantitative estimate of drug-likeness (QED) is 0.569. The van der Waals surface area contributed by atoms with Gasteiger partial charge in [0.25, 0.3) is 0 Å². The van der Waals surface area contributed by atoms with Gasteiger partial charge in [0.15, 0.2) is 0 Å². The van der Waals surface area contributed by atoms with Crippen molar-refractivity contribution in [2.75, 3.05) is 14.1 Å². The summed E-state index contributed by atoms with van der Waals surface area (Å²) in [6, 6.07) is 1.79. The molecule has 0 aromatic carbocycles. The lowest BCUT2D eigenvalue weighted by Crippen LogP contribution is -2.49. The number of rotatable bonds is 4. The third kappa shape index (κ3) is 1.82. The van der Waals surface area contributed by atoms with Gasteiger partial charge >= 0.3 is 0 Å². The molecule has 1 saturated carbocycles. The Morgan fingerprint density at radius 2 is 1.92 bits per heavy atom. The number of hydrogen-bond donors (Lipinski definition) is 0. The molecule has 0 spiro atoms. The molecule has 0 amide bonds. The summed E-state index contributed by atoms with van der Waals surface area (Å²) in [7, 11) is 4.79. The zero-order valence-corrected chi connectivity index (χ0v) is 9.30. The smallest absolute Gasteiger partial charge is 0.0921 e. The molecule has 0 N–H and O–H groups in total. The minimum atomic E-state index is 0.838. The highest BCUT2D eigenvalue weighted by molar-refractivity contribution is 4.84. The first-order chi connectivity index (χ1) is 5.50. The van der Waals surface area contributed by atoms with Crippen LogP contribution in [-0.2, 0) is 0 Å². The topological polar surface area (TPSA) is 0 Å². The van der Waals surface area contributed by atoms with E-state index in [9.17, 15) is 0 Å². The third-order valence-corrected chi connectivity index (χ3v) is 3.76. The van der Waals surface area contributed by atoms with Crippen molar-refractivity contribution < 1.29 is 4.48 Å². The van der Waals surface area contributed by atoms with Crippen LogP contribution in [0.5, 0.6) is 0 Å². The average molecular weight is 170 g/mol. The zero-order valence-electron chi connectivity index (χ0n) is 9.30. The molecular formula is C11H24N+. The van der Waals surface area contributed by atoms with Crippen LogP contribution >= 0.6 is 0 Å². The predicted molar refractivity (Wildman–Crippen MR) is 54.0 cm³/mol. The minimum Gasteiger partial charge on any atom is -0.324 e. The summed E-state index contributed by atoms with van der Waals surface area (Å²) in [4.78, 5) is 0. The monoisotopic (exact) mass is 170 g/mol. The lowest BCUT2D eigenvalue weighted by Gasteiger charge is -2.37. The summed E-state index contributed by atoms with van der Waals surface area (Å²) in [6.45, 7) is 7.06. The van der Waals surface area contributed by atoms with Gasteiger partial charge in [-0.1, -0.05) is 20.3 Å².